The van der Waals surface area contributed by atoms with Gasteiger partial charge in [0.05, 0.1) is 17.9 Å². The maximum Gasteiger partial charge on any atom is 0.143 e. The van der Waals surface area contributed by atoms with Crippen molar-refractivity contribution in [3.63, 3.8) is 0 Å². The fraction of sp³-hybridized carbons (Fsp3) is 0.571. The van der Waals surface area contributed by atoms with Gasteiger partial charge >= 0.3 is 0 Å². The fourth-order valence-corrected chi connectivity index (χ4v) is 1.66. The molecule has 1 aliphatic rings. The van der Waals surface area contributed by atoms with Gasteiger partial charge in [-0.05, 0) is 38.8 Å². The molecule has 1 saturated carbocycles. The van der Waals surface area contributed by atoms with Gasteiger partial charge in [-0.15, -0.1) is 0 Å². The number of anilines is 1. The van der Waals surface area contributed by atoms with E-state index in [1.807, 2.05) is 46.1 Å². The van der Waals surface area contributed by atoms with Crippen LogP contribution in [0.1, 0.15) is 26.7 Å². The number of ether oxygens (including phenoxy) is 2. The Hall–Kier alpha value is -1.38. The summed E-state index contributed by atoms with van der Waals surface area (Å²) in [5.41, 5.74) is 1.08. The molecule has 0 spiro atoms. The first-order valence-electron chi connectivity index (χ1n) is 6.21. The Labute approximate surface area is 103 Å². The molecule has 94 valence electrons. The molecule has 0 bridgehead atoms. The number of hydrogen-bond acceptors (Lipinski definition) is 3. The predicted molar refractivity (Wildman–Crippen MR) is 70.2 cm³/mol. The Morgan fingerprint density at radius 2 is 1.94 bits per heavy atom. The molecule has 0 aliphatic heterocycles. The molecule has 3 nitrogen and oxygen atoms in total. The van der Waals surface area contributed by atoms with Gasteiger partial charge in [-0.3, -0.25) is 0 Å². The van der Waals surface area contributed by atoms with Crippen molar-refractivity contribution in [3.8, 4) is 11.5 Å². The third kappa shape index (κ3) is 3.29. The highest BCUT2D eigenvalue weighted by molar-refractivity contribution is 5.61. The lowest BCUT2D eigenvalue weighted by molar-refractivity contribution is 0.241. The summed E-state index contributed by atoms with van der Waals surface area (Å²) < 4.78 is 11.6. The summed E-state index contributed by atoms with van der Waals surface area (Å²) in [5, 5.41) is 0. The molecule has 0 unspecified atom stereocenters. The third-order valence-electron chi connectivity index (χ3n) is 2.60. The minimum Gasteiger partial charge on any atom is -0.491 e. The smallest absolute Gasteiger partial charge is 0.143 e. The van der Waals surface area contributed by atoms with Crippen LogP contribution in [-0.4, -0.2) is 26.3 Å². The van der Waals surface area contributed by atoms with Crippen LogP contribution in [0.2, 0.25) is 0 Å². The Balaban J connectivity index is 2.20. The third-order valence-corrected chi connectivity index (χ3v) is 2.60. The van der Waals surface area contributed by atoms with Gasteiger partial charge < -0.3 is 14.4 Å². The Morgan fingerprint density at radius 1 is 1.24 bits per heavy atom. The summed E-state index contributed by atoms with van der Waals surface area (Å²) in [5.74, 6) is 1.85. The highest BCUT2D eigenvalue weighted by Gasteiger charge is 2.25. The lowest BCUT2D eigenvalue weighted by atomic mass is 10.2. The van der Waals surface area contributed by atoms with E-state index in [0.717, 1.165) is 17.2 Å². The monoisotopic (exact) mass is 235 g/mol. The maximum atomic E-state index is 5.88. The molecule has 1 aromatic rings. The van der Waals surface area contributed by atoms with Crippen molar-refractivity contribution in [2.75, 3.05) is 19.0 Å². The van der Waals surface area contributed by atoms with Crippen LogP contribution in [0.4, 0.5) is 5.69 Å². The van der Waals surface area contributed by atoms with Crippen LogP contribution in [0.3, 0.4) is 0 Å². The molecule has 0 heterocycles. The van der Waals surface area contributed by atoms with E-state index in [0.29, 0.717) is 6.10 Å². The zero-order valence-corrected chi connectivity index (χ0v) is 11.1. The lowest BCUT2D eigenvalue weighted by Gasteiger charge is -2.19. The molecular formula is C14H21NO2. The van der Waals surface area contributed by atoms with Crippen molar-refractivity contribution in [2.24, 2.45) is 0 Å². The zero-order chi connectivity index (χ0) is 12.4. The molecule has 2 rings (SSSR count). The van der Waals surface area contributed by atoms with Gasteiger partial charge in [0.15, 0.2) is 0 Å². The van der Waals surface area contributed by atoms with Gasteiger partial charge in [-0.2, -0.15) is 0 Å². The van der Waals surface area contributed by atoms with Crippen molar-refractivity contribution in [1.29, 1.82) is 0 Å². The topological polar surface area (TPSA) is 21.7 Å². The molecule has 1 aromatic carbocycles. The quantitative estimate of drug-likeness (QED) is 0.783. The summed E-state index contributed by atoms with van der Waals surface area (Å²) in [6, 6.07) is 6.02. The van der Waals surface area contributed by atoms with Crippen LogP contribution in [0.5, 0.6) is 11.5 Å². The second kappa shape index (κ2) is 4.86. The normalized spacial score (nSPS) is 14.9. The molecule has 1 fully saturated rings. The van der Waals surface area contributed by atoms with Gasteiger partial charge in [-0.1, -0.05) is 0 Å². The minimum absolute atomic E-state index is 0.195. The highest BCUT2D eigenvalue weighted by Crippen LogP contribution is 2.36. The fourth-order valence-electron chi connectivity index (χ4n) is 1.66. The van der Waals surface area contributed by atoms with Gasteiger partial charge in [-0.25, -0.2) is 0 Å². The predicted octanol–water partition coefficient (Wildman–Crippen LogP) is 3.08. The van der Waals surface area contributed by atoms with E-state index in [9.17, 15) is 0 Å². The van der Waals surface area contributed by atoms with Crippen molar-refractivity contribution >= 4 is 5.69 Å². The van der Waals surface area contributed by atoms with E-state index in [-0.39, 0.29) is 6.10 Å². The summed E-state index contributed by atoms with van der Waals surface area (Å²) in [4.78, 5) is 2.06. The second-order valence-corrected chi connectivity index (χ2v) is 5.01. The van der Waals surface area contributed by atoms with E-state index in [2.05, 4.69) is 4.90 Å². The first kappa shape index (κ1) is 12.1. The number of nitrogens with zero attached hydrogens (tertiary/aromatic N) is 1. The highest BCUT2D eigenvalue weighted by atomic mass is 16.5. The molecule has 0 radical (unpaired) electrons. The summed E-state index contributed by atoms with van der Waals surface area (Å²) in [6.45, 7) is 4.06. The Morgan fingerprint density at radius 3 is 2.47 bits per heavy atom. The number of rotatable bonds is 5. The van der Waals surface area contributed by atoms with E-state index >= 15 is 0 Å². The number of hydrogen-bond donors (Lipinski definition) is 0. The van der Waals surface area contributed by atoms with Crippen LogP contribution in [0.15, 0.2) is 18.2 Å². The largest absolute Gasteiger partial charge is 0.491 e. The zero-order valence-electron chi connectivity index (χ0n) is 11.1. The van der Waals surface area contributed by atoms with Gasteiger partial charge in [0.1, 0.15) is 11.5 Å². The first-order valence-corrected chi connectivity index (χ1v) is 6.21. The molecule has 3 heteroatoms. The summed E-state index contributed by atoms with van der Waals surface area (Å²) >= 11 is 0. The van der Waals surface area contributed by atoms with Crippen LogP contribution < -0.4 is 14.4 Å². The van der Waals surface area contributed by atoms with Crippen molar-refractivity contribution in [1.82, 2.24) is 0 Å². The molecule has 0 atom stereocenters. The first-order chi connectivity index (χ1) is 8.06. The Kier molecular flexibility index (Phi) is 3.46. The van der Waals surface area contributed by atoms with E-state index in [1.54, 1.807) is 0 Å². The van der Waals surface area contributed by atoms with Gasteiger partial charge in [0.25, 0.3) is 0 Å². The molecule has 0 saturated heterocycles. The van der Waals surface area contributed by atoms with Crippen molar-refractivity contribution < 1.29 is 9.47 Å². The molecule has 0 amide bonds. The molecular weight excluding hydrogens is 214 g/mol. The molecule has 1 aliphatic carbocycles. The minimum atomic E-state index is 0.195. The lowest BCUT2D eigenvalue weighted by Crippen LogP contribution is -2.12. The summed E-state index contributed by atoms with van der Waals surface area (Å²) in [7, 11) is 4.04. The Bertz CT molecular complexity index is 384. The maximum absolute atomic E-state index is 5.88. The molecule has 0 aromatic heterocycles. The van der Waals surface area contributed by atoms with Crippen LogP contribution in [0, 0.1) is 0 Å². The van der Waals surface area contributed by atoms with Gasteiger partial charge in [0, 0.05) is 20.2 Å². The van der Waals surface area contributed by atoms with E-state index in [4.69, 9.17) is 9.47 Å². The van der Waals surface area contributed by atoms with Crippen LogP contribution in [0.25, 0.3) is 0 Å². The standard InChI is InChI=1S/C14H21NO2/c1-10(2)16-12-7-8-14(17-11-5-6-11)13(9-12)15(3)4/h7-11H,5-6H2,1-4H3. The average Bonchev–Trinajstić information content (AvgIpc) is 3.03. The van der Waals surface area contributed by atoms with Crippen molar-refractivity contribution in [3.05, 3.63) is 18.2 Å². The second-order valence-electron chi connectivity index (χ2n) is 5.01. The number of benzene rings is 1. The van der Waals surface area contributed by atoms with E-state index in [1.165, 1.54) is 12.8 Å². The molecule has 17 heavy (non-hydrogen) atoms. The summed E-state index contributed by atoms with van der Waals surface area (Å²) in [6.07, 6.45) is 2.97. The van der Waals surface area contributed by atoms with Crippen LogP contribution >= 0.6 is 0 Å². The van der Waals surface area contributed by atoms with Crippen molar-refractivity contribution in [2.45, 2.75) is 38.9 Å². The van der Waals surface area contributed by atoms with Crippen LogP contribution in [-0.2, 0) is 0 Å². The van der Waals surface area contributed by atoms with E-state index < -0.39 is 0 Å². The molecule has 0 N–H and O–H groups in total. The van der Waals surface area contributed by atoms with Gasteiger partial charge in [0.2, 0.25) is 0 Å². The SMILES string of the molecule is CC(C)Oc1ccc(OC2CC2)c(N(C)C)c1. The average molecular weight is 235 g/mol.